The Morgan fingerprint density at radius 1 is 1.11 bits per heavy atom. The quantitative estimate of drug-likeness (QED) is 0.789. The van der Waals surface area contributed by atoms with Crippen LogP contribution >= 0.6 is 23.2 Å². The molecule has 19 heavy (non-hydrogen) atoms. The van der Waals surface area contributed by atoms with Crippen LogP contribution in [0.25, 0.3) is 0 Å². The van der Waals surface area contributed by atoms with Crippen LogP contribution in [-0.4, -0.2) is 5.11 Å². The maximum atomic E-state index is 10.4. The van der Waals surface area contributed by atoms with Crippen LogP contribution in [-0.2, 0) is 0 Å². The number of aliphatic hydroxyl groups is 1. The van der Waals surface area contributed by atoms with E-state index in [4.69, 9.17) is 28.7 Å². The lowest BCUT2D eigenvalue weighted by atomic mass is 9.78. The molecule has 0 saturated heterocycles. The maximum Gasteiger partial charge on any atom is 0.0793 e. The number of rotatable bonds is 1. The highest BCUT2D eigenvalue weighted by atomic mass is 35.5. The lowest BCUT2D eigenvalue weighted by Gasteiger charge is -2.29. The van der Waals surface area contributed by atoms with Crippen molar-refractivity contribution < 1.29 is 10.6 Å². The average molecular weight is 297 g/mol. The van der Waals surface area contributed by atoms with E-state index in [0.29, 0.717) is 16.1 Å². The normalized spacial score (nSPS) is 35.5. The smallest absolute Gasteiger partial charge is 0.0793 e. The second kappa shape index (κ2) is 5.16. The Morgan fingerprint density at radius 3 is 2.58 bits per heavy atom. The van der Waals surface area contributed by atoms with Crippen molar-refractivity contribution in [1.29, 1.82) is 0 Å². The average Bonchev–Trinajstić information content (AvgIpc) is 2.48. The van der Waals surface area contributed by atoms with E-state index in [1.165, 1.54) is 12.1 Å². The number of hydrogen-bond donors (Lipinski definition) is 1. The molecule has 0 heterocycles. The van der Waals surface area contributed by atoms with Gasteiger partial charge in [-0.25, -0.2) is 0 Å². The van der Waals surface area contributed by atoms with Gasteiger partial charge in [0, 0.05) is 10.0 Å². The molecule has 1 aliphatic carbocycles. The van der Waals surface area contributed by atoms with Crippen LogP contribution < -0.4 is 0 Å². The minimum Gasteiger partial charge on any atom is -0.388 e. The zero-order valence-corrected chi connectivity index (χ0v) is 11.5. The largest absolute Gasteiger partial charge is 0.388 e. The van der Waals surface area contributed by atoms with Crippen molar-refractivity contribution in [3.8, 4) is 0 Å². The lowest BCUT2D eigenvalue weighted by Crippen LogP contribution is -2.15. The minimum absolute atomic E-state index is 0.0947. The highest BCUT2D eigenvalue weighted by molar-refractivity contribution is 6.42. The Bertz CT molecular complexity index is 778. The maximum absolute atomic E-state index is 10.4. The number of fused-ring (bicyclic) bond motifs is 1. The Labute approximate surface area is 128 Å². The van der Waals surface area contributed by atoms with Gasteiger partial charge in [-0.05, 0) is 41.6 Å². The van der Waals surface area contributed by atoms with Crippen LogP contribution in [0.2, 0.25) is 10.0 Å². The fourth-order valence-electron chi connectivity index (χ4n) is 2.26. The topological polar surface area (TPSA) is 20.2 Å². The zero-order chi connectivity index (χ0) is 17.0. The second-order valence-corrected chi connectivity index (χ2v) is 5.17. The first kappa shape index (κ1) is 9.02. The van der Waals surface area contributed by atoms with Gasteiger partial charge in [-0.1, -0.05) is 53.5 Å². The molecule has 3 heteroatoms. The van der Waals surface area contributed by atoms with Crippen molar-refractivity contribution in [2.75, 3.05) is 0 Å². The van der Waals surface area contributed by atoms with Gasteiger partial charge in [0.2, 0.25) is 0 Å². The summed E-state index contributed by atoms with van der Waals surface area (Å²) in [6.07, 6.45) is -5.07. The molecule has 0 aromatic heterocycles. The Morgan fingerprint density at radius 2 is 1.84 bits per heavy atom. The fourth-order valence-corrected chi connectivity index (χ4v) is 2.55. The summed E-state index contributed by atoms with van der Waals surface area (Å²) in [5.41, 5.74) is 0.960. The molecule has 98 valence electrons. The van der Waals surface area contributed by atoms with E-state index < -0.39 is 18.3 Å². The summed E-state index contributed by atoms with van der Waals surface area (Å²) >= 11 is 12.0. The first-order chi connectivity index (χ1) is 10.6. The molecule has 1 N–H and O–H groups in total. The third-order valence-corrected chi connectivity index (χ3v) is 3.95. The molecule has 1 aliphatic rings. The van der Waals surface area contributed by atoms with Crippen LogP contribution in [0.5, 0.6) is 0 Å². The SMILES string of the molecule is [2H]C1([2H])C[C@]([2H])(c2ccc(Cl)c(Cl)c2)c2ccccc2[C@]1([2H])O. The van der Waals surface area contributed by atoms with Crippen molar-refractivity contribution in [2.24, 2.45) is 0 Å². The summed E-state index contributed by atoms with van der Waals surface area (Å²) in [6.45, 7) is 0. The van der Waals surface area contributed by atoms with Gasteiger partial charge in [0.25, 0.3) is 0 Å². The highest BCUT2D eigenvalue weighted by Gasteiger charge is 2.26. The Hall–Kier alpha value is -1.02. The second-order valence-electron chi connectivity index (χ2n) is 4.36. The number of hydrogen-bond acceptors (Lipinski definition) is 1. The van der Waals surface area contributed by atoms with Gasteiger partial charge in [-0.2, -0.15) is 0 Å². The molecule has 0 unspecified atom stereocenters. The van der Waals surface area contributed by atoms with Gasteiger partial charge in [-0.3, -0.25) is 0 Å². The van der Waals surface area contributed by atoms with E-state index in [-0.39, 0.29) is 17.0 Å². The Kier molecular flexibility index (Phi) is 2.45. The standard InChI is InChI=1S/C16H14Cl2O/c17-14-7-5-10(9-15(14)18)11-6-8-16(19)13-4-2-1-3-12(11)13/h1-5,7,9,11,16,19H,6,8H2/t11-,16-/m1/s1/i8D2,11D,16D. The van der Waals surface area contributed by atoms with E-state index in [9.17, 15) is 5.11 Å². The molecule has 2 aromatic carbocycles. The van der Waals surface area contributed by atoms with Gasteiger partial charge in [0.15, 0.2) is 0 Å². The van der Waals surface area contributed by atoms with E-state index in [1.807, 2.05) is 0 Å². The monoisotopic (exact) mass is 296 g/mol. The molecule has 0 radical (unpaired) electrons. The third-order valence-electron chi connectivity index (χ3n) is 3.21. The first-order valence-electron chi connectivity index (χ1n) is 7.87. The molecule has 0 aliphatic heterocycles. The van der Waals surface area contributed by atoms with Crippen LogP contribution in [0.4, 0.5) is 0 Å². The molecular formula is C16H14Cl2O. The van der Waals surface area contributed by atoms with Crippen LogP contribution in [0.3, 0.4) is 0 Å². The van der Waals surface area contributed by atoms with Crippen LogP contribution in [0.1, 0.15) is 46.9 Å². The molecule has 0 fully saturated rings. The predicted molar refractivity (Wildman–Crippen MR) is 78.9 cm³/mol. The van der Waals surface area contributed by atoms with Gasteiger partial charge in [-0.15, -0.1) is 0 Å². The van der Waals surface area contributed by atoms with Crippen LogP contribution in [0.15, 0.2) is 42.5 Å². The first-order valence-corrected chi connectivity index (χ1v) is 6.63. The van der Waals surface area contributed by atoms with Gasteiger partial charge in [0.1, 0.15) is 0 Å². The number of halogens is 2. The summed E-state index contributed by atoms with van der Waals surface area (Å²) in [4.78, 5) is 0. The summed E-state index contributed by atoms with van der Waals surface area (Å²) < 4.78 is 33.2. The van der Waals surface area contributed by atoms with Gasteiger partial charge < -0.3 is 5.11 Å². The third kappa shape index (κ3) is 2.38. The summed E-state index contributed by atoms with van der Waals surface area (Å²) in [6, 6.07) is 11.2. The summed E-state index contributed by atoms with van der Waals surface area (Å²) in [5.74, 6) is -1.47. The highest BCUT2D eigenvalue weighted by Crippen LogP contribution is 2.42. The van der Waals surface area contributed by atoms with Crippen molar-refractivity contribution in [3.05, 3.63) is 69.2 Å². The van der Waals surface area contributed by atoms with Crippen molar-refractivity contribution in [2.45, 2.75) is 24.8 Å². The zero-order valence-electron chi connectivity index (χ0n) is 14.0. The molecule has 0 amide bonds. The minimum atomic E-state index is -2.41. The van der Waals surface area contributed by atoms with Crippen molar-refractivity contribution in [1.82, 2.24) is 0 Å². The molecule has 2 aromatic rings. The number of benzene rings is 2. The molecule has 0 bridgehead atoms. The summed E-state index contributed by atoms with van der Waals surface area (Å²) in [7, 11) is 0. The van der Waals surface area contributed by atoms with E-state index in [2.05, 4.69) is 0 Å². The molecule has 0 spiro atoms. The molecule has 0 saturated carbocycles. The molecule has 1 nitrogen and oxygen atoms in total. The van der Waals surface area contributed by atoms with E-state index in [0.717, 1.165) is 0 Å². The van der Waals surface area contributed by atoms with Crippen molar-refractivity contribution >= 4 is 23.2 Å². The van der Waals surface area contributed by atoms with E-state index in [1.54, 1.807) is 30.3 Å². The molecular weight excluding hydrogens is 279 g/mol. The Balaban J connectivity index is 2.28. The van der Waals surface area contributed by atoms with Gasteiger partial charge >= 0.3 is 0 Å². The van der Waals surface area contributed by atoms with E-state index >= 15 is 0 Å². The van der Waals surface area contributed by atoms with Crippen molar-refractivity contribution in [3.63, 3.8) is 0 Å². The molecule has 3 rings (SSSR count). The summed E-state index contributed by atoms with van der Waals surface area (Å²) in [5, 5.41) is 11.0. The van der Waals surface area contributed by atoms with Gasteiger partial charge in [0.05, 0.1) is 17.5 Å². The van der Waals surface area contributed by atoms with Crippen LogP contribution in [0, 0.1) is 0 Å². The predicted octanol–water partition coefficient (Wildman–Crippen LogP) is 4.95. The molecule has 2 atom stereocenters. The lowest BCUT2D eigenvalue weighted by molar-refractivity contribution is 0.153. The fraction of sp³-hybridized carbons (Fsp3) is 0.250.